The van der Waals surface area contributed by atoms with Gasteiger partial charge in [-0.1, -0.05) is 6.07 Å². The molecule has 0 unspecified atom stereocenters. The normalized spacial score (nSPS) is 19.7. The lowest BCUT2D eigenvalue weighted by atomic mass is 9.97. The first-order valence-electron chi connectivity index (χ1n) is 9.45. The summed E-state index contributed by atoms with van der Waals surface area (Å²) in [5.74, 6) is -1.75. The molecule has 1 heterocycles. The summed E-state index contributed by atoms with van der Waals surface area (Å²) in [7, 11) is -3.89. The molecule has 7 nitrogen and oxygen atoms in total. The van der Waals surface area contributed by atoms with Crippen LogP contribution in [0.4, 0.5) is 20.4 Å². The number of rotatable bonds is 4. The lowest BCUT2D eigenvalue weighted by Crippen LogP contribution is -2.33. The van der Waals surface area contributed by atoms with E-state index in [1.54, 1.807) is 6.07 Å². The van der Waals surface area contributed by atoms with Crippen molar-refractivity contribution in [2.45, 2.75) is 37.0 Å². The van der Waals surface area contributed by atoms with E-state index in [1.807, 2.05) is 0 Å². The maximum Gasteiger partial charge on any atom is 0.235 e. The van der Waals surface area contributed by atoms with Crippen molar-refractivity contribution >= 4 is 32.6 Å². The van der Waals surface area contributed by atoms with E-state index in [0.717, 1.165) is 12.1 Å². The minimum absolute atomic E-state index is 0.0826. The molecule has 0 atom stereocenters. The molecule has 10 heteroatoms. The van der Waals surface area contributed by atoms with Gasteiger partial charge in [0.05, 0.1) is 28.1 Å². The summed E-state index contributed by atoms with van der Waals surface area (Å²) in [6.07, 6.45) is 2.22. The summed E-state index contributed by atoms with van der Waals surface area (Å²) in [4.78, 5) is 7.93. The van der Waals surface area contributed by atoms with Crippen molar-refractivity contribution in [2.24, 2.45) is 0 Å². The van der Waals surface area contributed by atoms with Crippen molar-refractivity contribution in [1.29, 1.82) is 0 Å². The molecule has 4 N–H and O–H groups in total. The van der Waals surface area contributed by atoms with E-state index in [9.17, 15) is 17.9 Å². The van der Waals surface area contributed by atoms with Crippen molar-refractivity contribution in [3.8, 4) is 11.1 Å². The summed E-state index contributed by atoms with van der Waals surface area (Å²) >= 11 is 0. The van der Waals surface area contributed by atoms with Crippen molar-refractivity contribution in [1.82, 2.24) is 9.97 Å². The van der Waals surface area contributed by atoms with Crippen LogP contribution in [0.2, 0.25) is 0 Å². The predicted octanol–water partition coefficient (Wildman–Crippen LogP) is 3.20. The first kappa shape index (κ1) is 20.4. The molecule has 0 amide bonds. The first-order chi connectivity index (χ1) is 14.2. The Balaban J connectivity index is 1.69. The highest BCUT2D eigenvalue weighted by atomic mass is 32.2. The van der Waals surface area contributed by atoms with Crippen LogP contribution < -0.4 is 10.5 Å². The van der Waals surface area contributed by atoms with Crippen molar-refractivity contribution in [3.63, 3.8) is 0 Å². The standard InChI is InChI=1S/C20H20F2N4O3S/c21-15-6-8-17(26-30(28,29)14-4-2-13(27)3-5-14)19(22)18(15)11-1-7-16-12(9-11)10-24-20(23)25-16/h1,6-10,13-14,26-27H,2-5H2,(H2,23,24,25). The second-order valence-corrected chi connectivity index (χ2v) is 9.32. The summed E-state index contributed by atoms with van der Waals surface area (Å²) in [5.41, 5.74) is 5.60. The van der Waals surface area contributed by atoms with Crippen molar-refractivity contribution in [3.05, 3.63) is 48.2 Å². The summed E-state index contributed by atoms with van der Waals surface area (Å²) < 4.78 is 57.3. The lowest BCUT2D eigenvalue weighted by molar-refractivity contribution is 0.131. The fourth-order valence-corrected chi connectivity index (χ4v) is 5.21. The van der Waals surface area contributed by atoms with Gasteiger partial charge in [-0.05, 0) is 55.5 Å². The molecule has 0 saturated heterocycles. The van der Waals surface area contributed by atoms with Crippen LogP contribution in [0.3, 0.4) is 0 Å². The number of aliphatic hydroxyl groups is 1. The van der Waals surface area contributed by atoms with Gasteiger partial charge in [-0.3, -0.25) is 4.72 Å². The highest BCUT2D eigenvalue weighted by molar-refractivity contribution is 7.93. The Morgan fingerprint density at radius 2 is 1.83 bits per heavy atom. The monoisotopic (exact) mass is 434 g/mol. The molecule has 0 spiro atoms. The molecule has 1 aromatic heterocycles. The molecule has 0 radical (unpaired) electrons. The van der Waals surface area contributed by atoms with Gasteiger partial charge in [0.2, 0.25) is 16.0 Å². The average molecular weight is 434 g/mol. The second kappa shape index (κ2) is 7.77. The number of nitrogens with zero attached hydrogens (tertiary/aromatic N) is 2. The zero-order chi connectivity index (χ0) is 21.5. The topological polar surface area (TPSA) is 118 Å². The maximum absolute atomic E-state index is 15.2. The second-order valence-electron chi connectivity index (χ2n) is 7.36. The highest BCUT2D eigenvalue weighted by Gasteiger charge is 2.31. The molecule has 1 fully saturated rings. The third kappa shape index (κ3) is 3.92. The molecule has 0 bridgehead atoms. The number of anilines is 2. The third-order valence-corrected chi connectivity index (χ3v) is 7.17. The van der Waals surface area contributed by atoms with Crippen molar-refractivity contribution < 1.29 is 22.3 Å². The molecule has 3 aromatic rings. The zero-order valence-electron chi connectivity index (χ0n) is 15.8. The van der Waals surface area contributed by atoms with E-state index >= 15 is 4.39 Å². The molecule has 0 aliphatic heterocycles. The number of nitrogens with one attached hydrogen (secondary N) is 1. The fraction of sp³-hybridized carbons (Fsp3) is 0.300. The van der Waals surface area contributed by atoms with Crippen LogP contribution in [0.15, 0.2) is 36.5 Å². The van der Waals surface area contributed by atoms with Gasteiger partial charge in [0.1, 0.15) is 5.82 Å². The number of sulfonamides is 1. The van der Waals surface area contributed by atoms with Crippen LogP contribution in [-0.4, -0.2) is 34.8 Å². The van der Waals surface area contributed by atoms with E-state index in [4.69, 9.17) is 5.73 Å². The molecule has 30 heavy (non-hydrogen) atoms. The summed E-state index contributed by atoms with van der Waals surface area (Å²) in [6.45, 7) is 0. The molecule has 1 aliphatic rings. The number of nitrogens with two attached hydrogens (primary N) is 1. The van der Waals surface area contributed by atoms with E-state index in [2.05, 4.69) is 14.7 Å². The Kier molecular flexibility index (Phi) is 5.29. The lowest BCUT2D eigenvalue weighted by Gasteiger charge is -2.25. The van der Waals surface area contributed by atoms with Gasteiger partial charge in [0.15, 0.2) is 5.82 Å². The van der Waals surface area contributed by atoms with Crippen LogP contribution in [0.5, 0.6) is 0 Å². The van der Waals surface area contributed by atoms with Crippen molar-refractivity contribution in [2.75, 3.05) is 10.5 Å². The molecule has 158 valence electrons. The van der Waals surface area contributed by atoms with Crippen LogP contribution >= 0.6 is 0 Å². The molecular weight excluding hydrogens is 414 g/mol. The molecule has 1 aliphatic carbocycles. The number of hydrogen-bond donors (Lipinski definition) is 3. The van der Waals surface area contributed by atoms with Gasteiger partial charge in [0.25, 0.3) is 0 Å². The van der Waals surface area contributed by atoms with E-state index in [1.165, 1.54) is 18.3 Å². The smallest absolute Gasteiger partial charge is 0.235 e. The number of fused-ring (bicyclic) bond motifs is 1. The quantitative estimate of drug-likeness (QED) is 0.580. The van der Waals surface area contributed by atoms with E-state index < -0.39 is 33.0 Å². The average Bonchev–Trinajstić information content (AvgIpc) is 2.70. The largest absolute Gasteiger partial charge is 0.393 e. The van der Waals surface area contributed by atoms with Gasteiger partial charge in [0, 0.05) is 11.6 Å². The van der Waals surface area contributed by atoms with Crippen LogP contribution in [0.1, 0.15) is 25.7 Å². The molecule has 1 saturated carbocycles. The predicted molar refractivity (Wildman–Crippen MR) is 110 cm³/mol. The van der Waals surface area contributed by atoms with E-state index in [0.29, 0.717) is 23.7 Å². The Morgan fingerprint density at radius 3 is 2.57 bits per heavy atom. The SMILES string of the molecule is Nc1ncc2cc(-c3c(F)ccc(NS(=O)(=O)C4CCC(O)CC4)c3F)ccc2n1. The van der Waals surface area contributed by atoms with E-state index in [-0.39, 0.29) is 35.6 Å². The van der Waals surface area contributed by atoms with Crippen LogP contribution in [-0.2, 0) is 10.0 Å². The Morgan fingerprint density at radius 1 is 1.10 bits per heavy atom. The number of hydrogen-bond acceptors (Lipinski definition) is 6. The van der Waals surface area contributed by atoms with Gasteiger partial charge >= 0.3 is 0 Å². The van der Waals surface area contributed by atoms with Crippen LogP contribution in [0, 0.1) is 11.6 Å². The van der Waals surface area contributed by atoms with Gasteiger partial charge in [-0.2, -0.15) is 0 Å². The minimum Gasteiger partial charge on any atom is -0.393 e. The number of aliphatic hydroxyl groups excluding tert-OH is 1. The van der Waals surface area contributed by atoms with Gasteiger partial charge < -0.3 is 10.8 Å². The zero-order valence-corrected chi connectivity index (χ0v) is 16.7. The molecule has 2 aromatic carbocycles. The highest BCUT2D eigenvalue weighted by Crippen LogP contribution is 2.34. The Hall–Kier alpha value is -2.85. The Bertz CT molecular complexity index is 1210. The minimum atomic E-state index is -3.89. The van der Waals surface area contributed by atoms with Gasteiger partial charge in [-0.25, -0.2) is 27.2 Å². The molecule has 4 rings (SSSR count). The van der Waals surface area contributed by atoms with Crippen LogP contribution in [0.25, 0.3) is 22.0 Å². The summed E-state index contributed by atoms with van der Waals surface area (Å²) in [6, 6.07) is 6.64. The Labute approximate surface area is 172 Å². The number of benzene rings is 2. The number of halogens is 2. The maximum atomic E-state index is 15.2. The number of nitrogen functional groups attached to an aromatic ring is 1. The number of aromatic nitrogens is 2. The fourth-order valence-electron chi connectivity index (χ4n) is 3.69. The third-order valence-electron chi connectivity index (χ3n) is 5.31. The van der Waals surface area contributed by atoms with Gasteiger partial charge in [-0.15, -0.1) is 0 Å². The first-order valence-corrected chi connectivity index (χ1v) is 11.0. The summed E-state index contributed by atoms with van der Waals surface area (Å²) in [5, 5.41) is 9.37. The molecular formula is C20H20F2N4O3S.